The summed E-state index contributed by atoms with van der Waals surface area (Å²) in [6, 6.07) is 3.83. The monoisotopic (exact) mass is 305 g/mol. The molecule has 2 fully saturated rings. The number of rotatable bonds is 2. The smallest absolute Gasteiger partial charge is 0.217 e. The van der Waals surface area contributed by atoms with E-state index in [1.165, 1.54) is 6.92 Å². The lowest BCUT2D eigenvalue weighted by Crippen LogP contribution is -2.34. The van der Waals surface area contributed by atoms with Gasteiger partial charge in [0, 0.05) is 35.2 Å². The second-order valence-electron chi connectivity index (χ2n) is 6.19. The van der Waals surface area contributed by atoms with Gasteiger partial charge >= 0.3 is 0 Å². The molecular formula is C15H16ClN3O2. The molecule has 2 unspecified atom stereocenters. The lowest BCUT2D eigenvalue weighted by Gasteiger charge is -2.21. The SMILES string of the molecule is CC(=O)NC1CC2C(C1)C2(O)c1cc(Cl)cc2[nH]ncc12. The normalized spacial score (nSPS) is 34.0. The minimum absolute atomic E-state index is 0.00943. The Balaban J connectivity index is 1.66. The Hall–Kier alpha value is -1.59. The molecule has 0 aliphatic heterocycles. The van der Waals surface area contributed by atoms with Crippen molar-refractivity contribution in [3.05, 3.63) is 28.9 Å². The molecule has 0 bridgehead atoms. The van der Waals surface area contributed by atoms with Crippen LogP contribution >= 0.6 is 11.6 Å². The molecule has 2 atom stereocenters. The number of amides is 1. The Morgan fingerprint density at radius 3 is 2.86 bits per heavy atom. The molecule has 2 aromatic rings. The standard InChI is InChI=1S/C15H16ClN3O2/c1-7(20)18-9-4-12-13(5-9)15(12,21)11-2-8(16)3-14-10(11)6-17-19-14/h2-3,6,9,12-13,21H,4-5H2,1H3,(H,17,19)(H,18,20). The van der Waals surface area contributed by atoms with E-state index in [-0.39, 0.29) is 23.8 Å². The van der Waals surface area contributed by atoms with Gasteiger partial charge in [0.15, 0.2) is 0 Å². The van der Waals surface area contributed by atoms with Crippen molar-refractivity contribution in [2.75, 3.05) is 0 Å². The maximum Gasteiger partial charge on any atom is 0.217 e. The average molecular weight is 306 g/mol. The van der Waals surface area contributed by atoms with Gasteiger partial charge in [-0.15, -0.1) is 0 Å². The number of aromatic amines is 1. The molecule has 1 amide bonds. The van der Waals surface area contributed by atoms with Gasteiger partial charge in [-0.25, -0.2) is 0 Å². The predicted octanol–water partition coefficient (Wildman–Crippen LogP) is 1.95. The third-order valence-corrected chi connectivity index (χ3v) is 5.16. The highest BCUT2D eigenvalue weighted by Crippen LogP contribution is 2.67. The molecule has 4 rings (SSSR count). The summed E-state index contributed by atoms with van der Waals surface area (Å²) >= 11 is 6.15. The van der Waals surface area contributed by atoms with Crippen LogP contribution in [0.5, 0.6) is 0 Å². The quantitative estimate of drug-likeness (QED) is 0.793. The molecule has 2 aliphatic carbocycles. The number of hydrogen-bond acceptors (Lipinski definition) is 3. The first-order valence-electron chi connectivity index (χ1n) is 7.12. The van der Waals surface area contributed by atoms with E-state index in [2.05, 4.69) is 15.5 Å². The molecule has 3 N–H and O–H groups in total. The highest BCUT2D eigenvalue weighted by atomic mass is 35.5. The van der Waals surface area contributed by atoms with Crippen LogP contribution in [0.25, 0.3) is 10.9 Å². The van der Waals surface area contributed by atoms with E-state index in [4.69, 9.17) is 11.6 Å². The van der Waals surface area contributed by atoms with Gasteiger partial charge < -0.3 is 10.4 Å². The fourth-order valence-corrected chi connectivity index (χ4v) is 4.29. The van der Waals surface area contributed by atoms with Gasteiger partial charge in [-0.3, -0.25) is 9.89 Å². The van der Waals surface area contributed by atoms with Gasteiger partial charge in [-0.05, 0) is 30.5 Å². The number of carbonyl (C=O) groups excluding carboxylic acids is 1. The van der Waals surface area contributed by atoms with Crippen LogP contribution in [-0.2, 0) is 10.4 Å². The number of aliphatic hydroxyl groups is 1. The summed E-state index contributed by atoms with van der Waals surface area (Å²) in [7, 11) is 0. The van der Waals surface area contributed by atoms with Crippen molar-refractivity contribution in [3.63, 3.8) is 0 Å². The number of nitrogens with zero attached hydrogens (tertiary/aromatic N) is 1. The maximum atomic E-state index is 11.1. The molecule has 0 radical (unpaired) electrons. The number of H-pyrrole nitrogens is 1. The molecule has 5 nitrogen and oxygen atoms in total. The summed E-state index contributed by atoms with van der Waals surface area (Å²) in [6.45, 7) is 1.53. The summed E-state index contributed by atoms with van der Waals surface area (Å²) in [5.74, 6) is 0.363. The second kappa shape index (κ2) is 4.21. The van der Waals surface area contributed by atoms with Crippen LogP contribution in [0.15, 0.2) is 18.3 Å². The number of carbonyl (C=O) groups is 1. The zero-order valence-electron chi connectivity index (χ0n) is 11.6. The number of nitrogens with one attached hydrogen (secondary N) is 2. The van der Waals surface area contributed by atoms with Gasteiger partial charge in [0.25, 0.3) is 0 Å². The van der Waals surface area contributed by atoms with Crippen LogP contribution < -0.4 is 5.32 Å². The summed E-state index contributed by atoms with van der Waals surface area (Å²) in [5.41, 5.74) is 0.867. The summed E-state index contributed by atoms with van der Waals surface area (Å²) in [5, 5.41) is 22.5. The molecule has 110 valence electrons. The fourth-order valence-electron chi connectivity index (χ4n) is 4.07. The van der Waals surface area contributed by atoms with Crippen molar-refractivity contribution in [3.8, 4) is 0 Å². The number of halogens is 1. The van der Waals surface area contributed by atoms with Gasteiger partial charge in [-0.2, -0.15) is 5.10 Å². The number of fused-ring (bicyclic) bond motifs is 2. The van der Waals surface area contributed by atoms with Crippen LogP contribution in [0.2, 0.25) is 5.02 Å². The largest absolute Gasteiger partial charge is 0.385 e. The second-order valence-corrected chi connectivity index (χ2v) is 6.63. The molecule has 0 spiro atoms. The molecule has 0 saturated heterocycles. The van der Waals surface area contributed by atoms with Crippen LogP contribution in [0.1, 0.15) is 25.3 Å². The average Bonchev–Trinajstić information content (AvgIpc) is 2.83. The van der Waals surface area contributed by atoms with Crippen molar-refractivity contribution in [1.82, 2.24) is 15.5 Å². The Labute approximate surface area is 126 Å². The zero-order valence-corrected chi connectivity index (χ0v) is 12.3. The van der Waals surface area contributed by atoms with E-state index in [1.54, 1.807) is 6.20 Å². The Bertz CT molecular complexity index is 730. The molecule has 1 aromatic heterocycles. The van der Waals surface area contributed by atoms with Gasteiger partial charge in [0.2, 0.25) is 5.91 Å². The third-order valence-electron chi connectivity index (χ3n) is 4.95. The molecule has 21 heavy (non-hydrogen) atoms. The minimum Gasteiger partial charge on any atom is -0.385 e. The summed E-state index contributed by atoms with van der Waals surface area (Å²) < 4.78 is 0. The Morgan fingerprint density at radius 1 is 1.48 bits per heavy atom. The first-order chi connectivity index (χ1) is 10.00. The number of benzene rings is 1. The minimum atomic E-state index is -0.831. The van der Waals surface area contributed by atoms with Crippen molar-refractivity contribution in [1.29, 1.82) is 0 Å². The molecule has 2 aliphatic rings. The fraction of sp³-hybridized carbons (Fsp3) is 0.467. The van der Waals surface area contributed by atoms with Crippen molar-refractivity contribution < 1.29 is 9.90 Å². The summed E-state index contributed by atoms with van der Waals surface area (Å²) in [6.07, 6.45) is 3.36. The van der Waals surface area contributed by atoms with E-state index >= 15 is 0 Å². The highest BCUT2D eigenvalue weighted by molar-refractivity contribution is 6.31. The topological polar surface area (TPSA) is 78.0 Å². The van der Waals surface area contributed by atoms with E-state index < -0.39 is 5.60 Å². The van der Waals surface area contributed by atoms with Crippen LogP contribution in [-0.4, -0.2) is 27.3 Å². The van der Waals surface area contributed by atoms with Gasteiger partial charge in [0.05, 0.1) is 17.3 Å². The number of hydrogen-bond donors (Lipinski definition) is 3. The highest BCUT2D eigenvalue weighted by Gasteiger charge is 2.69. The Morgan fingerprint density at radius 2 is 2.19 bits per heavy atom. The maximum absolute atomic E-state index is 11.1. The molecule has 6 heteroatoms. The van der Waals surface area contributed by atoms with Crippen molar-refractivity contribution in [2.24, 2.45) is 11.8 Å². The van der Waals surface area contributed by atoms with Crippen molar-refractivity contribution >= 4 is 28.4 Å². The van der Waals surface area contributed by atoms with Crippen molar-refractivity contribution in [2.45, 2.75) is 31.4 Å². The zero-order chi connectivity index (χ0) is 14.8. The number of aromatic nitrogens is 2. The lowest BCUT2D eigenvalue weighted by atomic mass is 9.94. The van der Waals surface area contributed by atoms with E-state index in [0.717, 1.165) is 29.3 Å². The lowest BCUT2D eigenvalue weighted by molar-refractivity contribution is -0.119. The molecule has 2 saturated carbocycles. The predicted molar refractivity (Wildman–Crippen MR) is 78.8 cm³/mol. The van der Waals surface area contributed by atoms with Gasteiger partial charge in [0.1, 0.15) is 0 Å². The third kappa shape index (κ3) is 1.80. The van der Waals surface area contributed by atoms with Crippen LogP contribution in [0.4, 0.5) is 0 Å². The van der Waals surface area contributed by atoms with Crippen LogP contribution in [0.3, 0.4) is 0 Å². The van der Waals surface area contributed by atoms with Crippen LogP contribution in [0, 0.1) is 11.8 Å². The first kappa shape index (κ1) is 13.1. The van der Waals surface area contributed by atoms with Gasteiger partial charge in [-0.1, -0.05) is 11.6 Å². The Kier molecular flexibility index (Phi) is 2.63. The first-order valence-corrected chi connectivity index (χ1v) is 7.50. The molecule has 1 heterocycles. The van der Waals surface area contributed by atoms with E-state index in [0.29, 0.717) is 5.02 Å². The van der Waals surface area contributed by atoms with E-state index in [9.17, 15) is 9.90 Å². The van der Waals surface area contributed by atoms with E-state index in [1.807, 2.05) is 12.1 Å². The summed E-state index contributed by atoms with van der Waals surface area (Å²) in [4.78, 5) is 11.1. The molecule has 1 aromatic carbocycles. The molecular weight excluding hydrogens is 290 g/mol.